The highest BCUT2D eigenvalue weighted by Gasteiger charge is 2.33. The number of piperazine rings is 1. The number of rotatable bonds is 5. The van der Waals surface area contributed by atoms with E-state index in [0.717, 1.165) is 44.1 Å². The molecule has 1 N–H and O–H groups in total. The minimum Gasteiger partial charge on any atom is -0.462 e. The van der Waals surface area contributed by atoms with E-state index < -0.39 is 9.84 Å². The SMILES string of the molecule is Cc1ccc(/C=C/c2nc(=S)n(CN3CCN(C4CCS(=O)(=O)C4)CC3)[nH]2)o1. The van der Waals surface area contributed by atoms with E-state index in [1.165, 1.54) is 0 Å². The molecule has 0 aliphatic carbocycles. The number of hydrogen-bond acceptors (Lipinski definition) is 7. The first-order valence-corrected chi connectivity index (χ1v) is 11.7. The van der Waals surface area contributed by atoms with Crippen molar-refractivity contribution < 1.29 is 12.8 Å². The minimum absolute atomic E-state index is 0.184. The number of aryl methyl sites for hydroxylation is 1. The number of furan rings is 1. The van der Waals surface area contributed by atoms with E-state index in [1.807, 2.05) is 35.9 Å². The van der Waals surface area contributed by atoms with Crippen LogP contribution in [-0.2, 0) is 16.5 Å². The zero-order valence-electron chi connectivity index (χ0n) is 15.9. The van der Waals surface area contributed by atoms with Gasteiger partial charge in [0.2, 0.25) is 4.77 Å². The summed E-state index contributed by atoms with van der Waals surface area (Å²) in [4.78, 5) is 9.00. The molecule has 8 nitrogen and oxygen atoms in total. The van der Waals surface area contributed by atoms with Gasteiger partial charge in [0, 0.05) is 32.2 Å². The van der Waals surface area contributed by atoms with Crippen molar-refractivity contribution in [1.82, 2.24) is 24.6 Å². The van der Waals surface area contributed by atoms with E-state index in [1.54, 1.807) is 0 Å². The Bertz CT molecular complexity index is 1010. The second-order valence-corrected chi connectivity index (χ2v) is 10.0. The number of nitrogens with one attached hydrogen (secondary N) is 1. The summed E-state index contributed by atoms with van der Waals surface area (Å²) in [6.45, 7) is 6.09. The summed E-state index contributed by atoms with van der Waals surface area (Å²) in [6.07, 6.45) is 4.47. The van der Waals surface area contributed by atoms with Gasteiger partial charge in [-0.2, -0.15) is 4.98 Å². The van der Waals surface area contributed by atoms with Crippen LogP contribution < -0.4 is 0 Å². The van der Waals surface area contributed by atoms with Gasteiger partial charge in [0.1, 0.15) is 17.3 Å². The van der Waals surface area contributed by atoms with Crippen molar-refractivity contribution >= 4 is 34.2 Å². The van der Waals surface area contributed by atoms with Crippen molar-refractivity contribution in [3.63, 3.8) is 0 Å². The molecular formula is C18H25N5O3S2. The van der Waals surface area contributed by atoms with Crippen LogP contribution in [-0.4, -0.2) is 76.7 Å². The lowest BCUT2D eigenvalue weighted by molar-refractivity contribution is 0.0808. The van der Waals surface area contributed by atoms with Crippen LogP contribution >= 0.6 is 12.2 Å². The third-order valence-corrected chi connectivity index (χ3v) is 7.40. The molecular weight excluding hydrogens is 398 g/mol. The molecule has 4 rings (SSSR count). The zero-order chi connectivity index (χ0) is 19.7. The van der Waals surface area contributed by atoms with E-state index in [4.69, 9.17) is 16.6 Å². The van der Waals surface area contributed by atoms with Gasteiger partial charge in [-0.3, -0.25) is 14.9 Å². The molecule has 2 saturated heterocycles. The third kappa shape index (κ3) is 4.62. The Morgan fingerprint density at radius 2 is 2.07 bits per heavy atom. The first-order valence-electron chi connectivity index (χ1n) is 9.46. The molecule has 1 atom stereocenters. The Hall–Kier alpha value is -1.75. The maximum Gasteiger partial charge on any atom is 0.217 e. The number of aromatic amines is 1. The van der Waals surface area contributed by atoms with Crippen LogP contribution in [0, 0.1) is 11.7 Å². The lowest BCUT2D eigenvalue weighted by Gasteiger charge is -2.37. The number of hydrogen-bond donors (Lipinski definition) is 1. The van der Waals surface area contributed by atoms with Crippen LogP contribution in [0.5, 0.6) is 0 Å². The number of H-pyrrole nitrogens is 1. The molecule has 10 heteroatoms. The predicted octanol–water partition coefficient (Wildman–Crippen LogP) is 1.77. The van der Waals surface area contributed by atoms with E-state index in [9.17, 15) is 8.42 Å². The molecule has 1 unspecified atom stereocenters. The fraction of sp³-hybridized carbons (Fsp3) is 0.556. The number of sulfone groups is 1. The molecule has 2 aliphatic heterocycles. The molecule has 28 heavy (non-hydrogen) atoms. The molecule has 0 aromatic carbocycles. The van der Waals surface area contributed by atoms with Gasteiger partial charge < -0.3 is 4.42 Å². The van der Waals surface area contributed by atoms with Crippen LogP contribution in [0.25, 0.3) is 12.2 Å². The monoisotopic (exact) mass is 423 g/mol. The Morgan fingerprint density at radius 1 is 1.29 bits per heavy atom. The summed E-state index contributed by atoms with van der Waals surface area (Å²) in [7, 11) is -2.83. The summed E-state index contributed by atoms with van der Waals surface area (Å²) >= 11 is 5.37. The van der Waals surface area contributed by atoms with E-state index in [-0.39, 0.29) is 6.04 Å². The molecule has 0 saturated carbocycles. The molecule has 2 aromatic rings. The van der Waals surface area contributed by atoms with Gasteiger partial charge in [0.25, 0.3) is 0 Å². The van der Waals surface area contributed by atoms with Gasteiger partial charge in [-0.25, -0.2) is 13.1 Å². The first kappa shape index (κ1) is 19.6. The Balaban J connectivity index is 1.32. The predicted molar refractivity (Wildman–Crippen MR) is 110 cm³/mol. The molecule has 2 aliphatic rings. The third-order valence-electron chi connectivity index (χ3n) is 5.34. The molecule has 2 fully saturated rings. The van der Waals surface area contributed by atoms with Gasteiger partial charge in [0.15, 0.2) is 9.84 Å². The summed E-state index contributed by atoms with van der Waals surface area (Å²) in [5.74, 6) is 2.97. The largest absolute Gasteiger partial charge is 0.462 e. The normalized spacial score (nSPS) is 23.7. The molecule has 2 aromatic heterocycles. The van der Waals surface area contributed by atoms with E-state index >= 15 is 0 Å². The van der Waals surface area contributed by atoms with Gasteiger partial charge in [-0.15, -0.1) is 0 Å². The number of nitrogens with zero attached hydrogens (tertiary/aromatic N) is 4. The van der Waals surface area contributed by atoms with Crippen LogP contribution in [0.4, 0.5) is 0 Å². The second-order valence-electron chi connectivity index (χ2n) is 7.45. The Kier molecular flexibility index (Phi) is 5.55. The van der Waals surface area contributed by atoms with E-state index in [2.05, 4.69) is 19.9 Å². The summed E-state index contributed by atoms with van der Waals surface area (Å²) < 4.78 is 31.3. The van der Waals surface area contributed by atoms with Crippen molar-refractivity contribution in [3.05, 3.63) is 34.2 Å². The average molecular weight is 424 g/mol. The minimum atomic E-state index is -2.83. The summed E-state index contributed by atoms with van der Waals surface area (Å²) in [5, 5.41) is 3.22. The fourth-order valence-electron chi connectivity index (χ4n) is 3.78. The summed E-state index contributed by atoms with van der Waals surface area (Å²) in [6, 6.07) is 4.01. The van der Waals surface area contributed by atoms with Gasteiger partial charge in [-0.05, 0) is 49.8 Å². The maximum absolute atomic E-state index is 11.7. The van der Waals surface area contributed by atoms with Crippen LogP contribution in [0.3, 0.4) is 0 Å². The maximum atomic E-state index is 11.7. The molecule has 0 radical (unpaired) electrons. The molecule has 0 spiro atoms. The first-order chi connectivity index (χ1) is 13.4. The van der Waals surface area contributed by atoms with Crippen LogP contribution in [0.2, 0.25) is 0 Å². The standard InChI is InChI=1S/C18H25N5O3S2/c1-14-2-3-16(26-14)4-5-17-19-18(27)23(20-17)13-21-7-9-22(10-8-21)15-6-11-28(24,25)12-15/h2-5,15H,6-13H2,1H3,(H,19,20,27)/b5-4+. The fourth-order valence-corrected chi connectivity index (χ4v) is 5.75. The average Bonchev–Trinajstić information content (AvgIpc) is 3.33. The van der Waals surface area contributed by atoms with Crippen LogP contribution in [0.1, 0.15) is 23.8 Å². The topological polar surface area (TPSA) is 87.4 Å². The lowest BCUT2D eigenvalue weighted by atomic mass is 10.2. The van der Waals surface area contributed by atoms with Crippen molar-refractivity contribution in [2.24, 2.45) is 0 Å². The summed E-state index contributed by atoms with van der Waals surface area (Å²) in [5.41, 5.74) is 0. The van der Waals surface area contributed by atoms with Gasteiger partial charge in [-0.1, -0.05) is 0 Å². The van der Waals surface area contributed by atoms with Crippen molar-refractivity contribution in [1.29, 1.82) is 0 Å². The molecule has 4 heterocycles. The second kappa shape index (κ2) is 7.94. The van der Waals surface area contributed by atoms with Crippen molar-refractivity contribution in [2.75, 3.05) is 37.7 Å². The quantitative estimate of drug-likeness (QED) is 0.734. The highest BCUT2D eigenvalue weighted by atomic mass is 32.2. The highest BCUT2D eigenvalue weighted by molar-refractivity contribution is 7.91. The zero-order valence-corrected chi connectivity index (χ0v) is 17.5. The molecule has 152 valence electrons. The van der Waals surface area contributed by atoms with Crippen molar-refractivity contribution in [3.8, 4) is 0 Å². The van der Waals surface area contributed by atoms with E-state index in [0.29, 0.717) is 28.8 Å². The number of aromatic nitrogens is 3. The highest BCUT2D eigenvalue weighted by Crippen LogP contribution is 2.19. The lowest BCUT2D eigenvalue weighted by Crippen LogP contribution is -2.50. The Labute approximate surface area is 169 Å². The molecule has 0 amide bonds. The van der Waals surface area contributed by atoms with Gasteiger partial charge in [0.05, 0.1) is 18.2 Å². The molecule has 0 bridgehead atoms. The van der Waals surface area contributed by atoms with Crippen LogP contribution in [0.15, 0.2) is 16.5 Å². The smallest absolute Gasteiger partial charge is 0.217 e. The Morgan fingerprint density at radius 3 is 2.71 bits per heavy atom. The van der Waals surface area contributed by atoms with Crippen molar-refractivity contribution in [2.45, 2.75) is 26.1 Å². The van der Waals surface area contributed by atoms with Gasteiger partial charge >= 0.3 is 0 Å².